The molecule has 5 aromatic rings. The largest absolute Gasteiger partial charge is 0.497 e. The first-order valence-electron chi connectivity index (χ1n) is 16.4. The Labute approximate surface area is 289 Å². The number of carbonyl (C=O) groups is 1. The van der Waals surface area contributed by atoms with Gasteiger partial charge in [-0.25, -0.2) is 14.5 Å². The van der Waals surface area contributed by atoms with Crippen LogP contribution in [0.4, 0.5) is 0 Å². The summed E-state index contributed by atoms with van der Waals surface area (Å²) in [4.78, 5) is 33.1. The van der Waals surface area contributed by atoms with Crippen LogP contribution in [0.5, 0.6) is 11.5 Å². The number of thiazole rings is 1. The van der Waals surface area contributed by atoms with Crippen LogP contribution < -0.4 is 24.4 Å². The van der Waals surface area contributed by atoms with Crippen LogP contribution >= 0.6 is 11.3 Å². The lowest BCUT2D eigenvalue weighted by Crippen LogP contribution is -2.40. The Bertz CT molecular complexity index is 2160. The van der Waals surface area contributed by atoms with Gasteiger partial charge in [0.25, 0.3) is 5.56 Å². The van der Waals surface area contributed by atoms with E-state index in [-0.39, 0.29) is 11.7 Å². The van der Waals surface area contributed by atoms with Crippen molar-refractivity contribution in [2.75, 3.05) is 13.7 Å². The third-order valence-electron chi connectivity index (χ3n) is 8.16. The van der Waals surface area contributed by atoms with Crippen LogP contribution in [0.3, 0.4) is 0 Å². The second-order valence-electron chi connectivity index (χ2n) is 12.6. The van der Waals surface area contributed by atoms with Gasteiger partial charge < -0.3 is 14.2 Å². The molecule has 49 heavy (non-hydrogen) atoms. The standard InChI is InChI=1S/C39H40N4O5S/c1-24(2)20-21-47-32-18-12-27(13-19-32)35-29(23-42(41-35)30-10-8-7-9-11-30)22-33-37(44)43-36(28-14-16-31(46-6)17-15-28)34(38(45)48-25(3)4)26(5)40-39(43)49-33/h7-19,22-25,36H,20-21H2,1-6H3. The first-order valence-corrected chi connectivity index (χ1v) is 17.2. The summed E-state index contributed by atoms with van der Waals surface area (Å²) in [7, 11) is 1.60. The Morgan fingerprint density at radius 2 is 1.65 bits per heavy atom. The highest BCUT2D eigenvalue weighted by atomic mass is 32.1. The van der Waals surface area contributed by atoms with E-state index in [0.717, 1.165) is 34.5 Å². The maximum atomic E-state index is 14.4. The van der Waals surface area contributed by atoms with E-state index >= 15 is 0 Å². The van der Waals surface area contributed by atoms with Gasteiger partial charge in [0.2, 0.25) is 0 Å². The molecular formula is C39H40N4O5S. The highest BCUT2D eigenvalue weighted by Gasteiger charge is 2.34. The fourth-order valence-electron chi connectivity index (χ4n) is 5.65. The molecule has 3 aromatic carbocycles. The zero-order valence-electron chi connectivity index (χ0n) is 28.5. The highest BCUT2D eigenvalue weighted by molar-refractivity contribution is 7.07. The molecule has 1 aliphatic rings. The minimum absolute atomic E-state index is 0.265. The van der Waals surface area contributed by atoms with Gasteiger partial charge in [-0.1, -0.05) is 55.5 Å². The number of ether oxygens (including phenoxy) is 3. The van der Waals surface area contributed by atoms with E-state index in [1.54, 1.807) is 32.4 Å². The molecule has 0 spiro atoms. The minimum Gasteiger partial charge on any atom is -0.497 e. The van der Waals surface area contributed by atoms with Crippen molar-refractivity contribution in [1.82, 2.24) is 14.3 Å². The molecule has 0 radical (unpaired) electrons. The van der Waals surface area contributed by atoms with E-state index in [1.807, 2.05) is 95.8 Å². The van der Waals surface area contributed by atoms with Crippen molar-refractivity contribution in [3.8, 4) is 28.4 Å². The zero-order chi connectivity index (χ0) is 34.7. The van der Waals surface area contributed by atoms with Crippen molar-refractivity contribution in [1.29, 1.82) is 0 Å². The predicted molar refractivity (Wildman–Crippen MR) is 192 cm³/mol. The molecule has 1 atom stereocenters. The SMILES string of the molecule is COc1ccc(C2C(C(=O)OC(C)C)=C(C)N=c3sc(=Cc4cn(-c5ccccc5)nc4-c4ccc(OCCC(C)C)cc4)c(=O)n32)cc1. The molecule has 0 bridgehead atoms. The molecule has 0 amide bonds. The summed E-state index contributed by atoms with van der Waals surface area (Å²) >= 11 is 1.28. The molecule has 252 valence electrons. The van der Waals surface area contributed by atoms with Gasteiger partial charge in [-0.3, -0.25) is 9.36 Å². The van der Waals surface area contributed by atoms with Crippen LogP contribution in [-0.2, 0) is 9.53 Å². The van der Waals surface area contributed by atoms with E-state index in [2.05, 4.69) is 13.8 Å². The molecule has 3 heterocycles. The van der Waals surface area contributed by atoms with Crippen LogP contribution in [0.15, 0.2) is 106 Å². The maximum absolute atomic E-state index is 14.4. The molecule has 0 N–H and O–H groups in total. The molecule has 10 heteroatoms. The van der Waals surface area contributed by atoms with Crippen molar-refractivity contribution in [3.05, 3.63) is 127 Å². The summed E-state index contributed by atoms with van der Waals surface area (Å²) in [5, 5.41) is 4.96. The number of hydrogen-bond donors (Lipinski definition) is 0. The van der Waals surface area contributed by atoms with Gasteiger partial charge in [0.05, 0.1) is 47.4 Å². The average molecular weight is 677 g/mol. The molecule has 2 aromatic heterocycles. The predicted octanol–water partition coefficient (Wildman–Crippen LogP) is 6.47. The maximum Gasteiger partial charge on any atom is 0.338 e. The third kappa shape index (κ3) is 7.29. The summed E-state index contributed by atoms with van der Waals surface area (Å²) in [6.45, 7) is 10.4. The molecular weight excluding hydrogens is 637 g/mol. The van der Waals surface area contributed by atoms with E-state index in [4.69, 9.17) is 24.3 Å². The number of nitrogens with zero attached hydrogens (tertiary/aromatic N) is 4. The summed E-state index contributed by atoms with van der Waals surface area (Å²) < 4.78 is 20.8. The van der Waals surface area contributed by atoms with Gasteiger partial charge in [-0.05, 0) is 93.3 Å². The topological polar surface area (TPSA) is 96.9 Å². The summed E-state index contributed by atoms with van der Waals surface area (Å²) in [5.74, 6) is 1.52. The van der Waals surface area contributed by atoms with Crippen molar-refractivity contribution >= 4 is 23.4 Å². The molecule has 1 aliphatic heterocycles. The van der Waals surface area contributed by atoms with Crippen LogP contribution in [0.2, 0.25) is 0 Å². The Morgan fingerprint density at radius 3 is 2.31 bits per heavy atom. The van der Waals surface area contributed by atoms with Gasteiger partial charge in [-0.2, -0.15) is 5.10 Å². The number of methoxy groups -OCH3 is 1. The fraction of sp³-hybridized carbons (Fsp3) is 0.282. The van der Waals surface area contributed by atoms with Crippen LogP contribution in [0.1, 0.15) is 58.2 Å². The lowest BCUT2D eigenvalue weighted by molar-refractivity contribution is -0.143. The Balaban J connectivity index is 1.47. The highest BCUT2D eigenvalue weighted by Crippen LogP contribution is 2.32. The van der Waals surface area contributed by atoms with E-state index in [9.17, 15) is 9.59 Å². The second kappa shape index (κ2) is 14.5. The third-order valence-corrected chi connectivity index (χ3v) is 9.14. The lowest BCUT2D eigenvalue weighted by atomic mass is 9.96. The van der Waals surface area contributed by atoms with Crippen molar-refractivity contribution in [2.24, 2.45) is 10.9 Å². The Morgan fingerprint density at radius 1 is 0.959 bits per heavy atom. The summed E-state index contributed by atoms with van der Waals surface area (Å²) in [6.07, 6.45) is 4.42. The number of para-hydroxylation sites is 1. The monoisotopic (exact) mass is 676 g/mol. The number of hydrogen-bond acceptors (Lipinski definition) is 8. The van der Waals surface area contributed by atoms with Gasteiger partial charge >= 0.3 is 5.97 Å². The average Bonchev–Trinajstić information content (AvgIpc) is 3.64. The lowest BCUT2D eigenvalue weighted by Gasteiger charge is -2.25. The quantitative estimate of drug-likeness (QED) is 0.149. The van der Waals surface area contributed by atoms with Crippen molar-refractivity contribution < 1.29 is 19.0 Å². The molecule has 9 nitrogen and oxygen atoms in total. The number of esters is 1. The first-order chi connectivity index (χ1) is 23.6. The smallest absolute Gasteiger partial charge is 0.338 e. The Hall–Kier alpha value is -5.22. The molecule has 0 saturated heterocycles. The van der Waals surface area contributed by atoms with Gasteiger partial charge in [0.15, 0.2) is 4.80 Å². The molecule has 1 unspecified atom stereocenters. The number of aromatic nitrogens is 3. The zero-order valence-corrected chi connectivity index (χ0v) is 29.4. The Kier molecular flexibility index (Phi) is 9.96. The first kappa shape index (κ1) is 33.7. The van der Waals surface area contributed by atoms with Gasteiger partial charge in [0.1, 0.15) is 17.2 Å². The van der Waals surface area contributed by atoms with Crippen molar-refractivity contribution in [3.63, 3.8) is 0 Å². The molecule has 0 fully saturated rings. The van der Waals surface area contributed by atoms with Gasteiger partial charge in [0, 0.05) is 17.3 Å². The van der Waals surface area contributed by atoms with Gasteiger partial charge in [-0.15, -0.1) is 0 Å². The van der Waals surface area contributed by atoms with E-state index in [0.29, 0.717) is 44.6 Å². The number of carbonyl (C=O) groups excluding carboxylic acids is 1. The van der Waals surface area contributed by atoms with Crippen LogP contribution in [-0.4, -0.2) is 40.1 Å². The van der Waals surface area contributed by atoms with Crippen LogP contribution in [0.25, 0.3) is 23.0 Å². The number of rotatable bonds is 11. The second-order valence-corrected chi connectivity index (χ2v) is 13.6. The fourth-order valence-corrected chi connectivity index (χ4v) is 6.69. The summed E-state index contributed by atoms with van der Waals surface area (Å²) in [5.41, 5.74) is 4.56. The normalized spacial score (nSPS) is 14.6. The number of benzene rings is 3. The molecule has 6 rings (SSSR count). The number of allylic oxidation sites excluding steroid dienone is 1. The van der Waals surface area contributed by atoms with E-state index < -0.39 is 12.0 Å². The molecule has 0 aliphatic carbocycles. The van der Waals surface area contributed by atoms with Crippen molar-refractivity contribution in [2.45, 2.75) is 53.2 Å². The van der Waals surface area contributed by atoms with Crippen LogP contribution in [0, 0.1) is 5.92 Å². The molecule has 0 saturated carbocycles. The van der Waals surface area contributed by atoms with E-state index in [1.165, 1.54) is 11.3 Å². The number of fused-ring (bicyclic) bond motifs is 1. The summed E-state index contributed by atoms with van der Waals surface area (Å²) in [6, 6.07) is 24.3. The minimum atomic E-state index is -0.731.